The Balaban J connectivity index is 1.36. The number of nitrogens with one attached hydrogen (secondary N) is 1. The number of aromatic nitrogens is 6. The average Bonchev–Trinajstić information content (AvgIpc) is 3.51. The first-order valence-corrected chi connectivity index (χ1v) is 12.9. The van der Waals surface area contributed by atoms with Crippen LogP contribution in [0.3, 0.4) is 0 Å². The molecule has 0 atom stereocenters. The van der Waals surface area contributed by atoms with Crippen molar-refractivity contribution in [2.24, 2.45) is 7.05 Å². The number of ether oxygens (including phenoxy) is 1. The number of imidazole rings is 1. The summed E-state index contributed by atoms with van der Waals surface area (Å²) in [5.41, 5.74) is 4.56. The summed E-state index contributed by atoms with van der Waals surface area (Å²) in [6.07, 6.45) is 4.63. The van der Waals surface area contributed by atoms with E-state index in [-0.39, 0.29) is 16.3 Å². The van der Waals surface area contributed by atoms with Crippen molar-refractivity contribution in [2.45, 2.75) is 6.92 Å². The molecule has 0 saturated carbocycles. The molecule has 6 rings (SSSR count). The summed E-state index contributed by atoms with van der Waals surface area (Å²) in [5, 5.41) is 3.54. The van der Waals surface area contributed by atoms with Gasteiger partial charge in [-0.25, -0.2) is 9.97 Å². The van der Waals surface area contributed by atoms with E-state index in [4.69, 9.17) is 16.3 Å². The monoisotopic (exact) mass is 557 g/mol. The molecule has 0 aliphatic heterocycles. The number of hydrogen-bond donors (Lipinski definition) is 1. The Bertz CT molecular complexity index is 1980. The normalized spacial score (nSPS) is 11.3. The molecule has 12 heteroatoms. The fourth-order valence-electron chi connectivity index (χ4n) is 4.34. The van der Waals surface area contributed by atoms with Crippen LogP contribution in [0.15, 0.2) is 66.1 Å². The highest BCUT2D eigenvalue weighted by Crippen LogP contribution is 2.35. The van der Waals surface area contributed by atoms with Crippen LogP contribution in [0.1, 0.15) is 16.1 Å². The summed E-state index contributed by atoms with van der Waals surface area (Å²) in [6, 6.07) is 12.5. The van der Waals surface area contributed by atoms with Crippen molar-refractivity contribution in [2.75, 3.05) is 12.4 Å². The van der Waals surface area contributed by atoms with Gasteiger partial charge in [-0.3, -0.25) is 24.5 Å². The quantitative estimate of drug-likeness (QED) is 0.316. The number of nitrogens with zero attached hydrogens (tertiary/aromatic N) is 6. The van der Waals surface area contributed by atoms with Gasteiger partial charge in [0, 0.05) is 35.1 Å². The number of methoxy groups -OCH3 is 1. The average molecular weight is 558 g/mol. The van der Waals surface area contributed by atoms with Gasteiger partial charge in [-0.1, -0.05) is 22.9 Å². The van der Waals surface area contributed by atoms with E-state index in [9.17, 15) is 9.59 Å². The van der Waals surface area contributed by atoms with Crippen LogP contribution in [-0.4, -0.2) is 42.1 Å². The zero-order valence-corrected chi connectivity index (χ0v) is 22.5. The van der Waals surface area contributed by atoms with Gasteiger partial charge in [0.2, 0.25) is 0 Å². The van der Waals surface area contributed by atoms with Crippen LogP contribution in [0, 0.1) is 6.92 Å². The summed E-state index contributed by atoms with van der Waals surface area (Å²) in [5.74, 6) is 0.118. The van der Waals surface area contributed by atoms with Gasteiger partial charge in [-0.2, -0.15) is 4.98 Å². The highest BCUT2D eigenvalue weighted by molar-refractivity contribution is 7.22. The molecular weight excluding hydrogens is 538 g/mol. The molecule has 6 aromatic rings. The number of anilines is 1. The Morgan fingerprint density at radius 1 is 1.05 bits per heavy atom. The van der Waals surface area contributed by atoms with Crippen LogP contribution in [-0.2, 0) is 7.05 Å². The van der Waals surface area contributed by atoms with E-state index in [0.717, 1.165) is 28.1 Å². The second kappa shape index (κ2) is 9.61. The largest absolute Gasteiger partial charge is 0.496 e. The number of pyridine rings is 1. The molecule has 0 saturated heterocycles. The molecular formula is C27H20ClN7O3S. The minimum Gasteiger partial charge on any atom is -0.496 e. The first-order valence-electron chi connectivity index (χ1n) is 11.7. The Labute approximate surface area is 230 Å². The van der Waals surface area contributed by atoms with Crippen LogP contribution in [0.25, 0.3) is 38.2 Å². The molecule has 0 aliphatic carbocycles. The van der Waals surface area contributed by atoms with E-state index >= 15 is 0 Å². The Morgan fingerprint density at radius 2 is 1.90 bits per heavy atom. The maximum Gasteiger partial charge on any atom is 0.277 e. The lowest BCUT2D eigenvalue weighted by molar-refractivity contribution is 0.102. The van der Waals surface area contributed by atoms with Crippen molar-refractivity contribution in [1.82, 2.24) is 29.1 Å². The molecule has 0 aliphatic rings. The van der Waals surface area contributed by atoms with Gasteiger partial charge < -0.3 is 9.30 Å². The molecule has 2 aromatic carbocycles. The zero-order chi connectivity index (χ0) is 27.3. The molecule has 1 amide bonds. The lowest BCUT2D eigenvalue weighted by atomic mass is 9.99. The minimum atomic E-state index is -0.445. The van der Waals surface area contributed by atoms with Crippen molar-refractivity contribution in [3.8, 4) is 22.6 Å². The molecule has 1 N–H and O–H groups in total. The minimum absolute atomic E-state index is 0.238. The number of benzene rings is 2. The first kappa shape index (κ1) is 24.7. The number of halogens is 1. The molecule has 194 valence electrons. The zero-order valence-electron chi connectivity index (χ0n) is 21.0. The van der Waals surface area contributed by atoms with E-state index in [2.05, 4.69) is 25.3 Å². The van der Waals surface area contributed by atoms with Crippen LogP contribution in [0.5, 0.6) is 5.75 Å². The van der Waals surface area contributed by atoms with Crippen LogP contribution in [0.2, 0.25) is 5.02 Å². The smallest absolute Gasteiger partial charge is 0.277 e. The first-order chi connectivity index (χ1) is 18.8. The van der Waals surface area contributed by atoms with Gasteiger partial charge in [0.05, 0.1) is 35.7 Å². The summed E-state index contributed by atoms with van der Waals surface area (Å²) >= 11 is 7.30. The number of carbonyl (C=O) groups excluding carboxylic acids is 1. The highest BCUT2D eigenvalue weighted by atomic mass is 35.5. The van der Waals surface area contributed by atoms with E-state index in [1.807, 2.05) is 36.7 Å². The van der Waals surface area contributed by atoms with Crippen LogP contribution < -0.4 is 15.6 Å². The standard InChI is InChI=1S/C27H20ClN7O3S/c1-14-8-17(18-9-15(28)4-7-22(18)38-3)19(11-29-14)25(36)33-27-32-24-23(39-27)26(37)35(13-31-24)16-5-6-21-20(10-16)30-12-34(21)2/h4-13H,1-3H3,(H,32,33,36). The lowest BCUT2D eigenvalue weighted by Gasteiger charge is -2.13. The van der Waals surface area contributed by atoms with Crippen molar-refractivity contribution < 1.29 is 9.53 Å². The predicted octanol–water partition coefficient (Wildman–Crippen LogP) is 5.01. The Hall–Kier alpha value is -4.61. The number of fused-ring (bicyclic) bond motifs is 2. The van der Waals surface area contributed by atoms with Crippen molar-refractivity contribution in [3.63, 3.8) is 0 Å². The van der Waals surface area contributed by atoms with Crippen molar-refractivity contribution >= 4 is 55.4 Å². The number of hydrogen-bond acceptors (Lipinski definition) is 8. The summed E-state index contributed by atoms with van der Waals surface area (Å²) in [6.45, 7) is 1.83. The molecule has 0 spiro atoms. The van der Waals surface area contributed by atoms with E-state index < -0.39 is 5.91 Å². The van der Waals surface area contributed by atoms with Gasteiger partial charge >= 0.3 is 0 Å². The second-order valence-electron chi connectivity index (χ2n) is 8.79. The third kappa shape index (κ3) is 4.41. The fraction of sp³-hybridized carbons (Fsp3) is 0.111. The van der Waals surface area contributed by atoms with Crippen molar-refractivity contribution in [1.29, 1.82) is 0 Å². The molecule has 39 heavy (non-hydrogen) atoms. The number of rotatable bonds is 5. The number of thiazole rings is 1. The van der Waals surface area contributed by atoms with Crippen LogP contribution >= 0.6 is 22.9 Å². The third-order valence-electron chi connectivity index (χ3n) is 6.26. The SMILES string of the molecule is COc1ccc(Cl)cc1-c1cc(C)ncc1C(=O)Nc1nc2ncn(-c3ccc4c(c3)ncn4C)c(=O)c2s1. The van der Waals surface area contributed by atoms with Gasteiger partial charge in [0.15, 0.2) is 10.8 Å². The molecule has 4 aromatic heterocycles. The van der Waals surface area contributed by atoms with Crippen molar-refractivity contribution in [3.05, 3.63) is 87.9 Å². The molecule has 0 radical (unpaired) electrons. The maximum absolute atomic E-state index is 13.4. The second-order valence-corrected chi connectivity index (χ2v) is 10.2. The molecule has 0 fully saturated rings. The molecule has 0 bridgehead atoms. The number of carbonyl (C=O) groups is 1. The van der Waals surface area contributed by atoms with E-state index in [0.29, 0.717) is 37.8 Å². The maximum atomic E-state index is 13.4. The fourth-order valence-corrected chi connectivity index (χ4v) is 5.36. The van der Waals surface area contributed by atoms with E-state index in [1.54, 1.807) is 37.7 Å². The Kier molecular flexibility index (Phi) is 6.09. The van der Waals surface area contributed by atoms with Gasteiger partial charge in [-0.05, 0) is 49.4 Å². The Morgan fingerprint density at radius 3 is 2.72 bits per heavy atom. The van der Waals surface area contributed by atoms with Gasteiger partial charge in [-0.15, -0.1) is 0 Å². The van der Waals surface area contributed by atoms with E-state index in [1.165, 1.54) is 17.1 Å². The predicted molar refractivity (Wildman–Crippen MR) is 151 cm³/mol. The van der Waals surface area contributed by atoms with Crippen LogP contribution in [0.4, 0.5) is 5.13 Å². The van der Waals surface area contributed by atoms with Gasteiger partial charge in [0.1, 0.15) is 16.8 Å². The molecule has 10 nitrogen and oxygen atoms in total. The number of amides is 1. The summed E-state index contributed by atoms with van der Waals surface area (Å²) < 4.78 is 9.15. The number of aryl methyl sites for hydroxylation is 2. The topological polar surface area (TPSA) is 117 Å². The summed E-state index contributed by atoms with van der Waals surface area (Å²) in [4.78, 5) is 44.1. The third-order valence-corrected chi connectivity index (χ3v) is 7.45. The van der Waals surface area contributed by atoms with Gasteiger partial charge in [0.25, 0.3) is 11.5 Å². The summed E-state index contributed by atoms with van der Waals surface area (Å²) in [7, 11) is 3.46. The lowest BCUT2D eigenvalue weighted by Crippen LogP contribution is -2.17. The molecule has 0 unspecified atom stereocenters. The highest BCUT2D eigenvalue weighted by Gasteiger charge is 2.20. The molecule has 4 heterocycles.